The minimum atomic E-state index is -0.276. The molecule has 1 saturated heterocycles. The maximum atomic E-state index is 13.3. The highest BCUT2D eigenvalue weighted by molar-refractivity contribution is 6.31. The molecular weight excluding hydrogens is 330 g/mol. The molecule has 132 valence electrons. The van der Waals surface area contributed by atoms with Gasteiger partial charge in [-0.15, -0.1) is 0 Å². The van der Waals surface area contributed by atoms with E-state index in [9.17, 15) is 4.79 Å². The van der Waals surface area contributed by atoms with Crippen LogP contribution in [0.15, 0.2) is 48.5 Å². The van der Waals surface area contributed by atoms with Crippen molar-refractivity contribution >= 4 is 17.4 Å². The van der Waals surface area contributed by atoms with Crippen LogP contribution in [-0.2, 0) is 6.54 Å². The van der Waals surface area contributed by atoms with E-state index >= 15 is 0 Å². The van der Waals surface area contributed by atoms with Crippen LogP contribution in [0.1, 0.15) is 47.7 Å². The number of nitrogens with zero attached hydrogens (tertiary/aromatic N) is 1. The van der Waals surface area contributed by atoms with Gasteiger partial charge in [-0.05, 0) is 43.5 Å². The molecule has 1 aliphatic rings. The fourth-order valence-electron chi connectivity index (χ4n) is 3.96. The van der Waals surface area contributed by atoms with Crippen LogP contribution in [0.2, 0.25) is 5.02 Å². The van der Waals surface area contributed by atoms with Crippen molar-refractivity contribution in [2.45, 2.75) is 39.7 Å². The lowest BCUT2D eigenvalue weighted by atomic mass is 9.76. The summed E-state index contributed by atoms with van der Waals surface area (Å²) in [5, 5.41) is 0.677. The Kier molecular flexibility index (Phi) is 5.61. The molecule has 0 radical (unpaired) electrons. The molecule has 2 nitrogen and oxygen atoms in total. The summed E-state index contributed by atoms with van der Waals surface area (Å²) in [4.78, 5) is 15.8. The predicted molar refractivity (Wildman–Crippen MR) is 104 cm³/mol. The first-order valence-electron chi connectivity index (χ1n) is 9.11. The van der Waals surface area contributed by atoms with Crippen molar-refractivity contribution in [1.82, 2.24) is 4.90 Å². The molecule has 0 aromatic heterocycles. The van der Waals surface area contributed by atoms with Gasteiger partial charge in [-0.2, -0.15) is 0 Å². The first kappa shape index (κ1) is 18.2. The average Bonchev–Trinajstić information content (AvgIpc) is 3.02. The van der Waals surface area contributed by atoms with Gasteiger partial charge in [-0.1, -0.05) is 67.4 Å². The lowest BCUT2D eigenvalue weighted by Crippen LogP contribution is -2.34. The number of hydrogen-bond donors (Lipinski definition) is 0. The van der Waals surface area contributed by atoms with Gasteiger partial charge in [0.15, 0.2) is 5.78 Å². The zero-order valence-corrected chi connectivity index (χ0v) is 15.9. The van der Waals surface area contributed by atoms with E-state index in [4.69, 9.17) is 11.6 Å². The molecule has 0 amide bonds. The van der Waals surface area contributed by atoms with Crippen LogP contribution in [0.4, 0.5) is 0 Å². The second kappa shape index (κ2) is 7.72. The Labute approximate surface area is 155 Å². The Hall–Kier alpha value is -1.64. The summed E-state index contributed by atoms with van der Waals surface area (Å²) in [5.41, 5.74) is 2.80. The molecular formula is C22H26ClNO. The molecule has 1 aliphatic heterocycles. The van der Waals surface area contributed by atoms with Crippen LogP contribution in [0, 0.1) is 12.3 Å². The third kappa shape index (κ3) is 3.96. The third-order valence-electron chi connectivity index (χ3n) is 5.33. The van der Waals surface area contributed by atoms with Crippen molar-refractivity contribution in [1.29, 1.82) is 0 Å². The summed E-state index contributed by atoms with van der Waals surface area (Å²) in [6, 6.07) is 16.2. The molecule has 2 aromatic carbocycles. The average molecular weight is 356 g/mol. The van der Waals surface area contributed by atoms with Gasteiger partial charge in [0.2, 0.25) is 0 Å². The number of likely N-dealkylation sites (tertiary alicyclic amines) is 1. The number of Topliss-reactive ketones (excluding diaryl/α,β-unsaturated/α-hetero) is 1. The van der Waals surface area contributed by atoms with E-state index in [1.54, 1.807) is 0 Å². The second-order valence-corrected chi connectivity index (χ2v) is 7.68. The Balaban J connectivity index is 1.80. The SMILES string of the molecule is CCCC1(C(=O)c2ccc(C)c(Cl)c2)CCN(Cc2ccccc2)C1. The minimum absolute atomic E-state index is 0.256. The van der Waals surface area contributed by atoms with E-state index in [2.05, 4.69) is 36.1 Å². The number of aryl methyl sites for hydroxylation is 1. The van der Waals surface area contributed by atoms with Gasteiger partial charge < -0.3 is 0 Å². The van der Waals surface area contributed by atoms with Crippen molar-refractivity contribution in [2.75, 3.05) is 13.1 Å². The van der Waals surface area contributed by atoms with Crippen molar-refractivity contribution in [3.05, 3.63) is 70.2 Å². The molecule has 1 heterocycles. The minimum Gasteiger partial charge on any atom is -0.298 e. The van der Waals surface area contributed by atoms with Crippen LogP contribution in [0.3, 0.4) is 0 Å². The third-order valence-corrected chi connectivity index (χ3v) is 5.73. The van der Waals surface area contributed by atoms with Gasteiger partial charge in [-0.25, -0.2) is 0 Å². The summed E-state index contributed by atoms with van der Waals surface area (Å²) >= 11 is 6.26. The monoisotopic (exact) mass is 355 g/mol. The van der Waals surface area contributed by atoms with Crippen LogP contribution in [0.5, 0.6) is 0 Å². The fraction of sp³-hybridized carbons (Fsp3) is 0.409. The van der Waals surface area contributed by atoms with Crippen LogP contribution in [0.25, 0.3) is 0 Å². The highest BCUT2D eigenvalue weighted by Gasteiger charge is 2.43. The van der Waals surface area contributed by atoms with E-state index in [0.717, 1.165) is 50.0 Å². The maximum absolute atomic E-state index is 13.3. The summed E-state index contributed by atoms with van der Waals surface area (Å²) in [5.74, 6) is 0.256. The zero-order valence-electron chi connectivity index (χ0n) is 15.1. The Morgan fingerprint density at radius 1 is 1.20 bits per heavy atom. The molecule has 25 heavy (non-hydrogen) atoms. The molecule has 1 unspecified atom stereocenters. The summed E-state index contributed by atoms with van der Waals surface area (Å²) in [7, 11) is 0. The smallest absolute Gasteiger partial charge is 0.170 e. The van der Waals surface area contributed by atoms with Crippen LogP contribution in [-0.4, -0.2) is 23.8 Å². The molecule has 1 atom stereocenters. The number of rotatable bonds is 6. The Morgan fingerprint density at radius 3 is 2.64 bits per heavy atom. The van der Waals surface area contributed by atoms with E-state index < -0.39 is 0 Å². The van der Waals surface area contributed by atoms with Crippen molar-refractivity contribution < 1.29 is 4.79 Å². The van der Waals surface area contributed by atoms with E-state index in [0.29, 0.717) is 5.02 Å². The van der Waals surface area contributed by atoms with E-state index in [-0.39, 0.29) is 11.2 Å². The molecule has 1 fully saturated rings. The lowest BCUT2D eigenvalue weighted by Gasteiger charge is -2.28. The van der Waals surface area contributed by atoms with Crippen LogP contribution >= 0.6 is 11.6 Å². The summed E-state index contributed by atoms with van der Waals surface area (Å²) in [6.07, 6.45) is 2.88. The largest absolute Gasteiger partial charge is 0.298 e. The topological polar surface area (TPSA) is 20.3 Å². The van der Waals surface area contributed by atoms with Gasteiger partial charge in [0.1, 0.15) is 0 Å². The number of carbonyl (C=O) groups excluding carboxylic acids is 1. The van der Waals surface area contributed by atoms with E-state index in [1.165, 1.54) is 5.56 Å². The van der Waals surface area contributed by atoms with E-state index in [1.807, 2.05) is 31.2 Å². The van der Waals surface area contributed by atoms with Crippen molar-refractivity contribution in [3.63, 3.8) is 0 Å². The van der Waals surface area contributed by atoms with Crippen molar-refractivity contribution in [3.8, 4) is 0 Å². The number of benzene rings is 2. The molecule has 2 aromatic rings. The maximum Gasteiger partial charge on any atom is 0.170 e. The van der Waals surface area contributed by atoms with Gasteiger partial charge in [0.25, 0.3) is 0 Å². The fourth-order valence-corrected chi connectivity index (χ4v) is 4.14. The highest BCUT2D eigenvalue weighted by Crippen LogP contribution is 2.39. The van der Waals surface area contributed by atoms with Gasteiger partial charge in [0.05, 0.1) is 0 Å². The summed E-state index contributed by atoms with van der Waals surface area (Å²) in [6.45, 7) is 6.85. The van der Waals surface area contributed by atoms with Crippen molar-refractivity contribution in [2.24, 2.45) is 5.41 Å². The quantitative estimate of drug-likeness (QED) is 0.635. The molecule has 0 spiro atoms. The Morgan fingerprint density at radius 2 is 1.96 bits per heavy atom. The number of hydrogen-bond acceptors (Lipinski definition) is 2. The number of halogens is 1. The zero-order chi connectivity index (χ0) is 17.9. The summed E-state index contributed by atoms with van der Waals surface area (Å²) < 4.78 is 0. The first-order valence-corrected chi connectivity index (χ1v) is 9.49. The van der Waals surface area contributed by atoms with Gasteiger partial charge in [0, 0.05) is 29.1 Å². The molecule has 0 bridgehead atoms. The lowest BCUT2D eigenvalue weighted by molar-refractivity contribution is 0.0780. The molecule has 0 N–H and O–H groups in total. The van der Waals surface area contributed by atoms with Crippen LogP contribution < -0.4 is 0 Å². The predicted octanol–water partition coefficient (Wildman–Crippen LogP) is 5.52. The van der Waals surface area contributed by atoms with Gasteiger partial charge >= 0.3 is 0 Å². The molecule has 3 heteroatoms. The van der Waals surface area contributed by atoms with Gasteiger partial charge in [-0.3, -0.25) is 9.69 Å². The second-order valence-electron chi connectivity index (χ2n) is 7.27. The number of ketones is 1. The molecule has 3 rings (SSSR count). The number of carbonyl (C=O) groups is 1. The molecule has 0 aliphatic carbocycles. The first-order chi connectivity index (χ1) is 12.0. The highest BCUT2D eigenvalue weighted by atomic mass is 35.5. The normalized spacial score (nSPS) is 20.8. The standard InChI is InChI=1S/C22H26ClNO/c1-3-11-22(21(25)19-10-9-17(2)20(23)14-19)12-13-24(16-22)15-18-7-5-4-6-8-18/h4-10,14H,3,11-13,15-16H2,1-2H3. The Bertz CT molecular complexity index is 743. The molecule has 0 saturated carbocycles.